The van der Waals surface area contributed by atoms with Crippen molar-refractivity contribution in [3.8, 4) is 0 Å². The highest BCUT2D eigenvalue weighted by molar-refractivity contribution is 9.10. The van der Waals surface area contributed by atoms with E-state index < -0.39 is 15.8 Å². The Balaban J connectivity index is 2.21. The van der Waals surface area contributed by atoms with Gasteiger partial charge < -0.3 is 5.11 Å². The average molecular weight is 382 g/mol. The summed E-state index contributed by atoms with van der Waals surface area (Å²) >= 11 is 4.92. The van der Waals surface area contributed by atoms with E-state index in [1.807, 2.05) is 18.4 Å². The lowest BCUT2D eigenvalue weighted by molar-refractivity contribution is -0.139. The van der Waals surface area contributed by atoms with Gasteiger partial charge in [-0.25, -0.2) is 8.42 Å². The molecule has 5 nitrogen and oxygen atoms in total. The average Bonchev–Trinajstić information content (AvgIpc) is 2.91. The topological polar surface area (TPSA) is 74.7 Å². The minimum Gasteiger partial charge on any atom is -0.480 e. The van der Waals surface area contributed by atoms with Gasteiger partial charge in [-0.3, -0.25) is 9.69 Å². The van der Waals surface area contributed by atoms with Crippen molar-refractivity contribution in [2.75, 3.05) is 18.1 Å². The minimum absolute atomic E-state index is 0.0527. The monoisotopic (exact) mass is 381 g/mol. The van der Waals surface area contributed by atoms with Gasteiger partial charge in [0.25, 0.3) is 0 Å². The Kier molecular flexibility index (Phi) is 4.88. The summed E-state index contributed by atoms with van der Waals surface area (Å²) in [5.74, 6) is -0.733. The molecule has 0 aromatic carbocycles. The molecule has 0 radical (unpaired) electrons. The zero-order chi connectivity index (χ0) is 14.9. The Morgan fingerprint density at radius 1 is 1.65 bits per heavy atom. The van der Waals surface area contributed by atoms with Crippen LogP contribution < -0.4 is 0 Å². The third-order valence-electron chi connectivity index (χ3n) is 3.49. The molecule has 2 atom stereocenters. The van der Waals surface area contributed by atoms with Gasteiger partial charge in [0.05, 0.1) is 18.1 Å². The molecule has 8 heteroatoms. The van der Waals surface area contributed by atoms with Crippen LogP contribution >= 0.6 is 27.3 Å². The molecule has 20 heavy (non-hydrogen) atoms. The largest absolute Gasteiger partial charge is 0.480 e. The molecule has 2 unspecified atom stereocenters. The number of carbonyl (C=O) groups is 1. The lowest BCUT2D eigenvalue weighted by atomic mass is 10.1. The smallest absolute Gasteiger partial charge is 0.317 e. The fourth-order valence-corrected chi connectivity index (χ4v) is 5.75. The molecule has 1 N–H and O–H groups in total. The summed E-state index contributed by atoms with van der Waals surface area (Å²) in [5.41, 5.74) is 0. The van der Waals surface area contributed by atoms with Crippen LogP contribution in [0.2, 0.25) is 0 Å². The van der Waals surface area contributed by atoms with E-state index in [2.05, 4.69) is 15.9 Å². The molecule has 0 bridgehead atoms. The van der Waals surface area contributed by atoms with Crippen LogP contribution in [0.25, 0.3) is 0 Å². The van der Waals surface area contributed by atoms with Crippen molar-refractivity contribution >= 4 is 43.1 Å². The number of carboxylic acid groups (broad SMARTS) is 1. The van der Waals surface area contributed by atoms with Gasteiger partial charge in [0, 0.05) is 26.8 Å². The Bertz CT molecular complexity index is 598. The summed E-state index contributed by atoms with van der Waals surface area (Å²) in [4.78, 5) is 13.9. The van der Waals surface area contributed by atoms with Crippen LogP contribution in [0.1, 0.15) is 24.3 Å². The van der Waals surface area contributed by atoms with E-state index in [-0.39, 0.29) is 30.1 Å². The molecule has 0 spiro atoms. The zero-order valence-corrected chi connectivity index (χ0v) is 14.2. The lowest BCUT2D eigenvalue weighted by Crippen LogP contribution is -2.41. The van der Waals surface area contributed by atoms with E-state index in [0.29, 0.717) is 6.42 Å². The maximum atomic E-state index is 11.6. The first-order chi connectivity index (χ1) is 9.28. The molecular formula is C12H16BrNO4S2. The molecule has 1 aliphatic heterocycles. The molecule has 1 fully saturated rings. The first-order valence-electron chi connectivity index (χ1n) is 6.20. The van der Waals surface area contributed by atoms with Gasteiger partial charge in [-0.05, 0) is 35.3 Å². The fraction of sp³-hybridized carbons (Fsp3) is 0.583. The van der Waals surface area contributed by atoms with Gasteiger partial charge in [-0.2, -0.15) is 0 Å². The maximum Gasteiger partial charge on any atom is 0.317 e. The Morgan fingerprint density at radius 2 is 2.35 bits per heavy atom. The number of rotatable bonds is 5. The van der Waals surface area contributed by atoms with Gasteiger partial charge >= 0.3 is 5.97 Å². The molecule has 1 saturated heterocycles. The maximum absolute atomic E-state index is 11.6. The molecule has 0 amide bonds. The van der Waals surface area contributed by atoms with Gasteiger partial charge in [-0.1, -0.05) is 0 Å². The third kappa shape index (κ3) is 3.81. The normalized spacial score (nSPS) is 23.1. The number of hydrogen-bond donors (Lipinski definition) is 1. The molecule has 0 aliphatic carbocycles. The van der Waals surface area contributed by atoms with Crippen molar-refractivity contribution in [1.29, 1.82) is 0 Å². The van der Waals surface area contributed by atoms with E-state index >= 15 is 0 Å². The minimum atomic E-state index is -3.03. The van der Waals surface area contributed by atoms with Crippen molar-refractivity contribution < 1.29 is 18.3 Å². The van der Waals surface area contributed by atoms with E-state index in [4.69, 9.17) is 5.11 Å². The second kappa shape index (κ2) is 6.13. The molecule has 112 valence electrons. The second-order valence-corrected chi connectivity index (χ2v) is 9.05. The van der Waals surface area contributed by atoms with E-state index in [1.165, 1.54) is 0 Å². The first kappa shape index (κ1) is 15.9. The highest BCUT2D eigenvalue weighted by atomic mass is 79.9. The number of aliphatic carboxylic acids is 1. The Labute approximate surface area is 130 Å². The fourth-order valence-electron chi connectivity index (χ4n) is 2.49. The van der Waals surface area contributed by atoms with Crippen molar-refractivity contribution in [1.82, 2.24) is 4.90 Å². The van der Waals surface area contributed by atoms with Gasteiger partial charge in [0.15, 0.2) is 9.84 Å². The van der Waals surface area contributed by atoms with E-state index in [9.17, 15) is 13.2 Å². The van der Waals surface area contributed by atoms with Crippen LogP contribution in [0.4, 0.5) is 0 Å². The molecule has 1 aliphatic rings. The third-order valence-corrected chi connectivity index (χ3v) is 7.11. The molecular weight excluding hydrogens is 366 g/mol. The Hall–Kier alpha value is -0.440. The first-order valence-corrected chi connectivity index (χ1v) is 9.70. The van der Waals surface area contributed by atoms with Gasteiger partial charge in [0.2, 0.25) is 0 Å². The highest BCUT2D eigenvalue weighted by Crippen LogP contribution is 2.32. The van der Waals surface area contributed by atoms with E-state index in [1.54, 1.807) is 16.2 Å². The standard InChI is InChI=1S/C12H16BrNO4S2/c1-8(11-4-9(13)6-19-11)14(5-12(15)16)10-2-3-20(17,18)7-10/h4,6,8,10H,2-3,5,7H2,1H3,(H,15,16). The van der Waals surface area contributed by atoms with E-state index in [0.717, 1.165) is 9.35 Å². The quantitative estimate of drug-likeness (QED) is 0.845. The SMILES string of the molecule is CC(c1cc(Br)cs1)N(CC(=O)O)C1CCS(=O)(=O)C1. The molecule has 1 aromatic rings. The summed E-state index contributed by atoms with van der Waals surface area (Å²) in [6.45, 7) is 1.78. The summed E-state index contributed by atoms with van der Waals surface area (Å²) in [6, 6.07) is 1.63. The van der Waals surface area contributed by atoms with Crippen molar-refractivity contribution in [2.45, 2.75) is 25.4 Å². The molecule has 2 rings (SSSR count). The van der Waals surface area contributed by atoms with Crippen LogP contribution in [-0.4, -0.2) is 48.5 Å². The second-order valence-electron chi connectivity index (χ2n) is 4.97. The summed E-state index contributed by atoms with van der Waals surface area (Å²) < 4.78 is 24.2. The van der Waals surface area contributed by atoms with Crippen molar-refractivity contribution in [3.63, 3.8) is 0 Å². The number of nitrogens with zero attached hydrogens (tertiary/aromatic N) is 1. The van der Waals surface area contributed by atoms with Crippen LogP contribution in [0.5, 0.6) is 0 Å². The number of sulfone groups is 1. The van der Waals surface area contributed by atoms with Gasteiger partial charge in [-0.15, -0.1) is 11.3 Å². The number of hydrogen-bond acceptors (Lipinski definition) is 5. The van der Waals surface area contributed by atoms with Crippen molar-refractivity contribution in [2.24, 2.45) is 0 Å². The predicted molar refractivity (Wildman–Crippen MR) is 81.8 cm³/mol. The molecule has 1 aromatic heterocycles. The highest BCUT2D eigenvalue weighted by Gasteiger charge is 2.35. The van der Waals surface area contributed by atoms with Crippen LogP contribution in [0.15, 0.2) is 15.9 Å². The van der Waals surface area contributed by atoms with Crippen LogP contribution in [-0.2, 0) is 14.6 Å². The van der Waals surface area contributed by atoms with Gasteiger partial charge in [0.1, 0.15) is 0 Å². The number of carboxylic acids is 1. The zero-order valence-electron chi connectivity index (χ0n) is 11.0. The number of thiophene rings is 1. The summed E-state index contributed by atoms with van der Waals surface area (Å²) in [6.07, 6.45) is 0.506. The summed E-state index contributed by atoms with van der Waals surface area (Å²) in [7, 11) is -3.03. The Morgan fingerprint density at radius 3 is 2.80 bits per heavy atom. The molecule has 2 heterocycles. The van der Waals surface area contributed by atoms with Crippen molar-refractivity contribution in [3.05, 3.63) is 20.8 Å². The van der Waals surface area contributed by atoms with Crippen LogP contribution in [0.3, 0.4) is 0 Å². The van der Waals surface area contributed by atoms with Crippen LogP contribution in [0, 0.1) is 0 Å². The number of halogens is 1. The lowest BCUT2D eigenvalue weighted by Gasteiger charge is -2.31. The molecule has 0 saturated carbocycles. The summed E-state index contributed by atoms with van der Waals surface area (Å²) in [5, 5.41) is 11.0. The predicted octanol–water partition coefficient (Wildman–Crippen LogP) is 2.15.